The van der Waals surface area contributed by atoms with Crippen molar-refractivity contribution in [3.05, 3.63) is 34.9 Å². The Kier molecular flexibility index (Phi) is 4.32. The SMILES string of the molecule is CN1C(=O)c2ccc(C(=O)NCC3(C(=O)O)CCCCC3)cc2C1=O. The summed E-state index contributed by atoms with van der Waals surface area (Å²) in [5.74, 6) is -2.16. The Bertz CT molecular complexity index is 765. The van der Waals surface area contributed by atoms with E-state index < -0.39 is 23.2 Å². The lowest BCUT2D eigenvalue weighted by atomic mass is 9.74. The van der Waals surface area contributed by atoms with Crippen molar-refractivity contribution in [3.8, 4) is 0 Å². The molecule has 1 aromatic rings. The number of nitrogens with one attached hydrogen (secondary N) is 1. The Labute approximate surface area is 145 Å². The topological polar surface area (TPSA) is 104 Å². The van der Waals surface area contributed by atoms with Gasteiger partial charge in [0.25, 0.3) is 17.7 Å². The fraction of sp³-hybridized carbons (Fsp3) is 0.444. The summed E-state index contributed by atoms with van der Waals surface area (Å²) in [7, 11) is 1.39. The van der Waals surface area contributed by atoms with Crippen molar-refractivity contribution in [3.63, 3.8) is 0 Å². The largest absolute Gasteiger partial charge is 0.481 e. The quantitative estimate of drug-likeness (QED) is 0.809. The highest BCUT2D eigenvalue weighted by Gasteiger charge is 2.40. The molecule has 1 aliphatic heterocycles. The molecular formula is C18H20N2O5. The van der Waals surface area contributed by atoms with Crippen LogP contribution in [-0.2, 0) is 4.79 Å². The molecule has 0 spiro atoms. The average molecular weight is 344 g/mol. The lowest BCUT2D eigenvalue weighted by Crippen LogP contribution is -2.44. The van der Waals surface area contributed by atoms with E-state index in [-0.39, 0.29) is 29.1 Å². The number of carboxylic acids is 1. The molecule has 2 aliphatic rings. The Morgan fingerprint density at radius 1 is 1.12 bits per heavy atom. The van der Waals surface area contributed by atoms with Gasteiger partial charge in [0.05, 0.1) is 16.5 Å². The minimum Gasteiger partial charge on any atom is -0.481 e. The standard InChI is InChI=1S/C18H20N2O5/c1-20-15(22)12-6-5-11(9-13(12)16(20)23)14(21)19-10-18(17(24)25)7-3-2-4-8-18/h5-6,9H,2-4,7-8,10H2,1H3,(H,19,21)(H,24,25). The maximum absolute atomic E-state index is 12.4. The highest BCUT2D eigenvalue weighted by molar-refractivity contribution is 6.21. The van der Waals surface area contributed by atoms with Gasteiger partial charge in [-0.25, -0.2) is 0 Å². The number of hydrogen-bond acceptors (Lipinski definition) is 4. The van der Waals surface area contributed by atoms with Gasteiger partial charge in [-0.1, -0.05) is 19.3 Å². The molecule has 0 radical (unpaired) electrons. The number of carboxylic acid groups (broad SMARTS) is 1. The Morgan fingerprint density at radius 2 is 1.76 bits per heavy atom. The first-order chi connectivity index (χ1) is 11.9. The third-order valence-corrected chi connectivity index (χ3v) is 5.20. The molecule has 1 saturated carbocycles. The highest BCUT2D eigenvalue weighted by atomic mass is 16.4. The van der Waals surface area contributed by atoms with Crippen LogP contribution in [0.2, 0.25) is 0 Å². The predicted octanol–water partition coefficient (Wildman–Crippen LogP) is 1.68. The lowest BCUT2D eigenvalue weighted by Gasteiger charge is -2.33. The van der Waals surface area contributed by atoms with Crippen molar-refractivity contribution in [2.24, 2.45) is 5.41 Å². The van der Waals surface area contributed by atoms with Gasteiger partial charge in [-0.05, 0) is 31.0 Å². The summed E-state index contributed by atoms with van der Waals surface area (Å²) < 4.78 is 0. The summed E-state index contributed by atoms with van der Waals surface area (Å²) in [6, 6.07) is 4.33. The molecular weight excluding hydrogens is 324 g/mol. The first kappa shape index (κ1) is 17.1. The zero-order chi connectivity index (χ0) is 18.2. The van der Waals surface area contributed by atoms with Crippen LogP contribution in [0.25, 0.3) is 0 Å². The van der Waals surface area contributed by atoms with Gasteiger partial charge in [-0.2, -0.15) is 0 Å². The van der Waals surface area contributed by atoms with Crippen LogP contribution in [-0.4, -0.2) is 47.3 Å². The number of amides is 3. The molecule has 132 valence electrons. The molecule has 0 saturated heterocycles. The number of carbonyl (C=O) groups is 4. The van der Waals surface area contributed by atoms with Crippen LogP contribution >= 0.6 is 0 Å². The predicted molar refractivity (Wildman–Crippen MR) is 88.4 cm³/mol. The molecule has 0 aromatic heterocycles. The molecule has 7 nitrogen and oxygen atoms in total. The van der Waals surface area contributed by atoms with Crippen LogP contribution in [0.4, 0.5) is 0 Å². The van der Waals surface area contributed by atoms with E-state index in [0.29, 0.717) is 12.8 Å². The van der Waals surface area contributed by atoms with Crippen molar-refractivity contribution in [1.29, 1.82) is 0 Å². The van der Waals surface area contributed by atoms with Crippen LogP contribution < -0.4 is 5.32 Å². The molecule has 2 N–H and O–H groups in total. The van der Waals surface area contributed by atoms with Crippen molar-refractivity contribution >= 4 is 23.7 Å². The van der Waals surface area contributed by atoms with Gasteiger partial charge in [0.1, 0.15) is 0 Å². The maximum atomic E-state index is 12.4. The molecule has 0 unspecified atom stereocenters. The van der Waals surface area contributed by atoms with E-state index >= 15 is 0 Å². The number of imide groups is 1. The molecule has 1 aromatic carbocycles. The third-order valence-electron chi connectivity index (χ3n) is 5.20. The van der Waals surface area contributed by atoms with Gasteiger partial charge in [0.15, 0.2) is 0 Å². The summed E-state index contributed by atoms with van der Waals surface area (Å²) in [6.07, 6.45) is 3.78. The average Bonchev–Trinajstić information content (AvgIpc) is 2.84. The second-order valence-corrected chi connectivity index (χ2v) is 6.76. The highest BCUT2D eigenvalue weighted by Crippen LogP contribution is 2.36. The second-order valence-electron chi connectivity index (χ2n) is 6.76. The molecule has 1 aliphatic carbocycles. The number of rotatable bonds is 4. The Hall–Kier alpha value is -2.70. The molecule has 1 heterocycles. The summed E-state index contributed by atoms with van der Waals surface area (Å²) in [6.45, 7) is 0.0605. The molecule has 0 atom stereocenters. The van der Waals surface area contributed by atoms with Crippen LogP contribution in [0.5, 0.6) is 0 Å². The first-order valence-electron chi connectivity index (χ1n) is 8.34. The Balaban J connectivity index is 1.75. The van der Waals surface area contributed by atoms with Crippen molar-refractivity contribution in [2.75, 3.05) is 13.6 Å². The molecule has 3 amide bonds. The number of aliphatic carboxylic acids is 1. The number of fused-ring (bicyclic) bond motifs is 1. The van der Waals surface area contributed by atoms with E-state index in [4.69, 9.17) is 0 Å². The summed E-state index contributed by atoms with van der Waals surface area (Å²) in [4.78, 5) is 49.0. The monoisotopic (exact) mass is 344 g/mol. The van der Waals surface area contributed by atoms with Gasteiger partial charge in [0.2, 0.25) is 0 Å². The van der Waals surface area contributed by atoms with E-state index in [0.717, 1.165) is 24.2 Å². The number of hydrogen-bond donors (Lipinski definition) is 2. The fourth-order valence-corrected chi connectivity index (χ4v) is 3.55. The van der Waals surface area contributed by atoms with E-state index in [2.05, 4.69) is 5.32 Å². The van der Waals surface area contributed by atoms with Gasteiger partial charge < -0.3 is 10.4 Å². The maximum Gasteiger partial charge on any atom is 0.311 e. The summed E-state index contributed by atoms with van der Waals surface area (Å²) >= 11 is 0. The van der Waals surface area contributed by atoms with Crippen LogP contribution in [0.15, 0.2) is 18.2 Å². The van der Waals surface area contributed by atoms with E-state index in [1.165, 1.54) is 25.2 Å². The van der Waals surface area contributed by atoms with Crippen LogP contribution in [0.1, 0.15) is 63.2 Å². The van der Waals surface area contributed by atoms with Gasteiger partial charge in [-0.15, -0.1) is 0 Å². The van der Waals surface area contributed by atoms with Gasteiger partial charge in [-0.3, -0.25) is 24.1 Å². The molecule has 1 fully saturated rings. The van der Waals surface area contributed by atoms with Crippen molar-refractivity contribution in [2.45, 2.75) is 32.1 Å². The van der Waals surface area contributed by atoms with E-state index in [9.17, 15) is 24.3 Å². The number of carbonyl (C=O) groups excluding carboxylic acids is 3. The van der Waals surface area contributed by atoms with E-state index in [1.54, 1.807) is 0 Å². The van der Waals surface area contributed by atoms with Gasteiger partial charge >= 0.3 is 5.97 Å². The number of benzene rings is 1. The molecule has 0 bridgehead atoms. The van der Waals surface area contributed by atoms with Crippen LogP contribution in [0, 0.1) is 5.41 Å². The minimum atomic E-state index is -0.920. The lowest BCUT2D eigenvalue weighted by molar-refractivity contribution is -0.150. The minimum absolute atomic E-state index is 0.0605. The zero-order valence-corrected chi connectivity index (χ0v) is 14.0. The first-order valence-corrected chi connectivity index (χ1v) is 8.34. The Morgan fingerprint density at radius 3 is 2.40 bits per heavy atom. The third kappa shape index (κ3) is 2.90. The van der Waals surface area contributed by atoms with E-state index in [1.807, 2.05) is 0 Å². The fourth-order valence-electron chi connectivity index (χ4n) is 3.55. The number of nitrogens with zero attached hydrogens (tertiary/aromatic N) is 1. The molecule has 7 heteroatoms. The molecule has 25 heavy (non-hydrogen) atoms. The van der Waals surface area contributed by atoms with Gasteiger partial charge in [0, 0.05) is 19.2 Å². The zero-order valence-electron chi connectivity index (χ0n) is 14.0. The smallest absolute Gasteiger partial charge is 0.311 e. The molecule has 3 rings (SSSR count). The summed E-state index contributed by atoms with van der Waals surface area (Å²) in [5.41, 5.74) is -0.202. The normalized spacial score (nSPS) is 18.8. The van der Waals surface area contributed by atoms with Crippen LogP contribution in [0.3, 0.4) is 0 Å². The van der Waals surface area contributed by atoms with Crippen molar-refractivity contribution < 1.29 is 24.3 Å². The second kappa shape index (κ2) is 6.31. The summed E-state index contributed by atoms with van der Waals surface area (Å²) in [5, 5.41) is 12.2. The van der Waals surface area contributed by atoms with Crippen molar-refractivity contribution in [1.82, 2.24) is 10.2 Å².